The van der Waals surface area contributed by atoms with Crippen molar-refractivity contribution in [2.75, 3.05) is 39.9 Å². The highest BCUT2D eigenvalue weighted by molar-refractivity contribution is 5.83. The van der Waals surface area contributed by atoms with Gasteiger partial charge in [0, 0.05) is 26.7 Å². The molecule has 1 saturated heterocycles. The molecule has 1 heterocycles. The number of nitrogens with one attached hydrogen (secondary N) is 1. The minimum atomic E-state index is -0.178. The van der Waals surface area contributed by atoms with Crippen molar-refractivity contribution in [3.63, 3.8) is 0 Å². The fraction of sp³-hybridized carbons (Fsp3) is 0.929. The van der Waals surface area contributed by atoms with Crippen molar-refractivity contribution >= 4 is 5.91 Å². The SMILES string of the molecule is CCC1(C(=O)N(CCOC)CC(C)C)CCNC1. The first kappa shape index (κ1) is 15.4. The Morgan fingerprint density at radius 2 is 2.22 bits per heavy atom. The number of ether oxygens (including phenoxy) is 1. The topological polar surface area (TPSA) is 41.6 Å². The van der Waals surface area contributed by atoms with E-state index in [2.05, 4.69) is 26.1 Å². The molecule has 0 aromatic carbocycles. The lowest BCUT2D eigenvalue weighted by atomic mass is 9.82. The van der Waals surface area contributed by atoms with Crippen molar-refractivity contribution in [2.45, 2.75) is 33.6 Å². The van der Waals surface area contributed by atoms with Crippen molar-refractivity contribution in [3.05, 3.63) is 0 Å². The highest BCUT2D eigenvalue weighted by Gasteiger charge is 2.41. The van der Waals surface area contributed by atoms with Crippen molar-refractivity contribution in [3.8, 4) is 0 Å². The summed E-state index contributed by atoms with van der Waals surface area (Å²) in [6, 6.07) is 0. The van der Waals surface area contributed by atoms with E-state index in [0.29, 0.717) is 25.0 Å². The summed E-state index contributed by atoms with van der Waals surface area (Å²) in [4.78, 5) is 14.8. The molecule has 0 aliphatic carbocycles. The van der Waals surface area contributed by atoms with Gasteiger partial charge in [0.05, 0.1) is 12.0 Å². The zero-order valence-electron chi connectivity index (χ0n) is 12.3. The number of hydrogen-bond acceptors (Lipinski definition) is 3. The summed E-state index contributed by atoms with van der Waals surface area (Å²) in [6.07, 6.45) is 1.88. The number of carbonyl (C=O) groups excluding carboxylic acids is 1. The van der Waals surface area contributed by atoms with Crippen LogP contribution in [0.1, 0.15) is 33.6 Å². The van der Waals surface area contributed by atoms with Gasteiger partial charge in [0.2, 0.25) is 5.91 Å². The molecule has 1 aliphatic heterocycles. The number of methoxy groups -OCH3 is 1. The van der Waals surface area contributed by atoms with Crippen LogP contribution in [-0.2, 0) is 9.53 Å². The van der Waals surface area contributed by atoms with E-state index in [1.807, 2.05) is 4.90 Å². The van der Waals surface area contributed by atoms with Gasteiger partial charge in [-0.3, -0.25) is 4.79 Å². The predicted molar refractivity (Wildman–Crippen MR) is 73.5 cm³/mol. The van der Waals surface area contributed by atoms with Crippen molar-refractivity contribution in [2.24, 2.45) is 11.3 Å². The van der Waals surface area contributed by atoms with E-state index in [9.17, 15) is 4.79 Å². The zero-order chi connectivity index (χ0) is 13.6. The molecule has 0 spiro atoms. The summed E-state index contributed by atoms with van der Waals surface area (Å²) >= 11 is 0. The molecule has 1 atom stereocenters. The minimum Gasteiger partial charge on any atom is -0.383 e. The summed E-state index contributed by atoms with van der Waals surface area (Å²) in [6.45, 7) is 10.3. The Kier molecular flexibility index (Phi) is 6.09. The van der Waals surface area contributed by atoms with E-state index in [4.69, 9.17) is 4.74 Å². The Labute approximate surface area is 111 Å². The first-order valence-corrected chi connectivity index (χ1v) is 7.04. The average Bonchev–Trinajstić information content (AvgIpc) is 2.83. The normalized spacial score (nSPS) is 23.6. The van der Waals surface area contributed by atoms with Crippen LogP contribution in [0.25, 0.3) is 0 Å². The second-order valence-corrected chi connectivity index (χ2v) is 5.70. The van der Waals surface area contributed by atoms with Crippen molar-refractivity contribution in [1.82, 2.24) is 10.2 Å². The molecule has 18 heavy (non-hydrogen) atoms. The molecule has 1 N–H and O–H groups in total. The van der Waals surface area contributed by atoms with Crippen LogP contribution < -0.4 is 5.32 Å². The lowest BCUT2D eigenvalue weighted by molar-refractivity contribution is -0.142. The Balaban J connectivity index is 2.72. The zero-order valence-corrected chi connectivity index (χ0v) is 12.3. The smallest absolute Gasteiger partial charge is 0.230 e. The molecule has 0 aromatic heterocycles. The number of hydrogen-bond donors (Lipinski definition) is 1. The molecule has 1 fully saturated rings. The van der Waals surface area contributed by atoms with E-state index in [-0.39, 0.29) is 5.41 Å². The molecular weight excluding hydrogens is 228 g/mol. The van der Waals surface area contributed by atoms with Crippen molar-refractivity contribution in [1.29, 1.82) is 0 Å². The van der Waals surface area contributed by atoms with E-state index in [0.717, 1.165) is 32.5 Å². The van der Waals surface area contributed by atoms with E-state index in [1.165, 1.54) is 0 Å². The van der Waals surface area contributed by atoms with Crippen LogP contribution in [0.15, 0.2) is 0 Å². The summed E-state index contributed by atoms with van der Waals surface area (Å²) in [5.74, 6) is 0.801. The summed E-state index contributed by atoms with van der Waals surface area (Å²) < 4.78 is 5.12. The van der Waals surface area contributed by atoms with Gasteiger partial charge in [0.25, 0.3) is 0 Å². The first-order chi connectivity index (χ1) is 8.55. The van der Waals surface area contributed by atoms with E-state index < -0.39 is 0 Å². The van der Waals surface area contributed by atoms with Gasteiger partial charge >= 0.3 is 0 Å². The van der Waals surface area contributed by atoms with Gasteiger partial charge in [-0.15, -0.1) is 0 Å². The Morgan fingerprint density at radius 1 is 1.50 bits per heavy atom. The molecule has 106 valence electrons. The van der Waals surface area contributed by atoms with Crippen LogP contribution >= 0.6 is 0 Å². The average molecular weight is 256 g/mol. The van der Waals surface area contributed by atoms with Crippen LogP contribution in [0.3, 0.4) is 0 Å². The van der Waals surface area contributed by atoms with E-state index in [1.54, 1.807) is 7.11 Å². The van der Waals surface area contributed by atoms with Crippen LogP contribution in [0, 0.1) is 11.3 Å². The fourth-order valence-electron chi connectivity index (χ4n) is 2.63. The number of amides is 1. The Morgan fingerprint density at radius 3 is 2.67 bits per heavy atom. The maximum Gasteiger partial charge on any atom is 0.230 e. The molecule has 0 saturated carbocycles. The molecule has 1 aliphatic rings. The first-order valence-electron chi connectivity index (χ1n) is 7.04. The van der Waals surface area contributed by atoms with Gasteiger partial charge in [-0.2, -0.15) is 0 Å². The van der Waals surface area contributed by atoms with Gasteiger partial charge in [0.1, 0.15) is 0 Å². The Hall–Kier alpha value is -0.610. The third-order valence-corrected chi connectivity index (χ3v) is 3.81. The standard InChI is InChI=1S/C14H28N2O2/c1-5-14(6-7-15-11-14)13(17)16(8-9-18-4)10-12(2)3/h12,15H,5-11H2,1-4H3. The summed E-state index contributed by atoms with van der Waals surface area (Å²) in [5, 5.41) is 3.33. The molecule has 1 amide bonds. The second kappa shape index (κ2) is 7.10. The van der Waals surface area contributed by atoms with Crippen molar-refractivity contribution < 1.29 is 9.53 Å². The molecule has 1 unspecified atom stereocenters. The molecular formula is C14H28N2O2. The van der Waals surface area contributed by atoms with E-state index >= 15 is 0 Å². The lowest BCUT2D eigenvalue weighted by Gasteiger charge is -2.34. The predicted octanol–water partition coefficient (Wildman–Crippen LogP) is 1.51. The van der Waals surface area contributed by atoms with Gasteiger partial charge in [-0.1, -0.05) is 20.8 Å². The van der Waals surface area contributed by atoms with Gasteiger partial charge < -0.3 is 15.0 Å². The monoisotopic (exact) mass is 256 g/mol. The number of nitrogens with zero attached hydrogens (tertiary/aromatic N) is 1. The molecule has 0 radical (unpaired) electrons. The fourth-order valence-corrected chi connectivity index (χ4v) is 2.63. The third-order valence-electron chi connectivity index (χ3n) is 3.81. The summed E-state index contributed by atoms with van der Waals surface area (Å²) in [5.41, 5.74) is -0.178. The van der Waals surface area contributed by atoms with Crippen LogP contribution in [0.2, 0.25) is 0 Å². The largest absolute Gasteiger partial charge is 0.383 e. The maximum atomic E-state index is 12.8. The molecule has 1 rings (SSSR count). The minimum absolute atomic E-state index is 0.178. The summed E-state index contributed by atoms with van der Waals surface area (Å²) in [7, 11) is 1.69. The highest BCUT2D eigenvalue weighted by atomic mass is 16.5. The molecule has 4 heteroatoms. The van der Waals surface area contributed by atoms with Crippen LogP contribution in [-0.4, -0.2) is 50.7 Å². The quantitative estimate of drug-likeness (QED) is 0.750. The third kappa shape index (κ3) is 3.69. The number of carbonyl (C=O) groups is 1. The van der Waals surface area contributed by atoms with Gasteiger partial charge in [-0.25, -0.2) is 0 Å². The molecule has 0 aromatic rings. The molecule has 0 bridgehead atoms. The highest BCUT2D eigenvalue weighted by Crippen LogP contribution is 2.32. The number of rotatable bonds is 7. The Bertz CT molecular complexity index is 261. The van der Waals surface area contributed by atoms with Crippen LogP contribution in [0.5, 0.6) is 0 Å². The van der Waals surface area contributed by atoms with Gasteiger partial charge in [-0.05, 0) is 25.3 Å². The van der Waals surface area contributed by atoms with Crippen LogP contribution in [0.4, 0.5) is 0 Å². The maximum absolute atomic E-state index is 12.8. The second-order valence-electron chi connectivity index (χ2n) is 5.70. The molecule has 4 nitrogen and oxygen atoms in total. The van der Waals surface area contributed by atoms with Gasteiger partial charge in [0.15, 0.2) is 0 Å². The lowest BCUT2D eigenvalue weighted by Crippen LogP contribution is -2.47.